The number of nitrogens with zero attached hydrogens (tertiary/aromatic N) is 2. The van der Waals surface area contributed by atoms with Crippen molar-refractivity contribution in [3.63, 3.8) is 0 Å². The van der Waals surface area contributed by atoms with Gasteiger partial charge in [-0.05, 0) is 6.92 Å². The van der Waals surface area contributed by atoms with Crippen molar-refractivity contribution >= 4 is 17.9 Å². The third kappa shape index (κ3) is 5.81. The summed E-state index contributed by atoms with van der Waals surface area (Å²) in [5, 5.41) is 30.0. The first-order chi connectivity index (χ1) is 11.2. The topological polar surface area (TPSA) is 207 Å². The van der Waals surface area contributed by atoms with Gasteiger partial charge in [0.2, 0.25) is 17.7 Å². The fourth-order valence-electron chi connectivity index (χ4n) is 1.76. The van der Waals surface area contributed by atoms with Crippen molar-refractivity contribution in [2.45, 2.75) is 38.0 Å². The Labute approximate surface area is 136 Å². The number of nitrogens with two attached hydrogens (primary N) is 2. The summed E-state index contributed by atoms with van der Waals surface area (Å²) in [5.41, 5.74) is 10.5. The fraction of sp³-hybridized carbons (Fsp3) is 0.583. The minimum atomic E-state index is -1.53. The monoisotopic (exact) mass is 344 g/mol. The molecule has 1 aromatic heterocycles. The molecule has 1 rings (SSSR count). The number of carbonyl (C=O) groups excluding carboxylic acids is 2. The molecule has 12 heteroatoms. The van der Waals surface area contributed by atoms with E-state index < -0.39 is 36.1 Å². The number of hydrogen-bond acceptors (Lipinski definition) is 8. The van der Waals surface area contributed by atoms with Gasteiger partial charge in [-0.2, -0.15) is 0 Å². The molecule has 0 saturated heterocycles. The molecule has 1 aromatic rings. The Hall–Kier alpha value is -2.73. The highest BCUT2D eigenvalue weighted by molar-refractivity contribution is 5.83. The maximum atomic E-state index is 11.9. The number of carboxylic acid groups (broad SMARTS) is 1. The molecule has 0 saturated carbocycles. The summed E-state index contributed by atoms with van der Waals surface area (Å²) in [6.07, 6.45) is -1.36. The predicted octanol–water partition coefficient (Wildman–Crippen LogP) is -2.38. The smallest absolute Gasteiger partial charge is 0.328 e. The van der Waals surface area contributed by atoms with Gasteiger partial charge in [0.1, 0.15) is 6.04 Å². The summed E-state index contributed by atoms with van der Waals surface area (Å²) in [4.78, 5) is 34.0. The normalized spacial score (nSPS) is 14.5. The number of primary amides is 1. The zero-order valence-corrected chi connectivity index (χ0v) is 12.9. The van der Waals surface area contributed by atoms with Gasteiger partial charge in [0.25, 0.3) is 0 Å². The van der Waals surface area contributed by atoms with Gasteiger partial charge in [-0.1, -0.05) is 0 Å². The van der Waals surface area contributed by atoms with Crippen LogP contribution in [0.5, 0.6) is 0 Å². The van der Waals surface area contributed by atoms with Crippen LogP contribution in [0.3, 0.4) is 0 Å². The number of rotatable bonds is 9. The van der Waals surface area contributed by atoms with Crippen LogP contribution in [-0.4, -0.2) is 57.0 Å². The van der Waals surface area contributed by atoms with E-state index in [0.29, 0.717) is 6.42 Å². The van der Waals surface area contributed by atoms with Crippen molar-refractivity contribution in [2.75, 3.05) is 6.54 Å². The number of aliphatic hydroxyl groups is 1. The van der Waals surface area contributed by atoms with Crippen LogP contribution in [0.25, 0.3) is 0 Å². The molecular formula is C12H20N6O6. The van der Waals surface area contributed by atoms with Crippen molar-refractivity contribution in [2.24, 2.45) is 11.5 Å². The van der Waals surface area contributed by atoms with Gasteiger partial charge in [-0.25, -0.2) is 9.59 Å². The molecule has 3 amide bonds. The van der Waals surface area contributed by atoms with E-state index >= 15 is 0 Å². The Morgan fingerprint density at radius 2 is 1.96 bits per heavy atom. The molecule has 24 heavy (non-hydrogen) atoms. The summed E-state index contributed by atoms with van der Waals surface area (Å²) in [5.74, 6) is -2.02. The van der Waals surface area contributed by atoms with Gasteiger partial charge in [0, 0.05) is 13.0 Å². The number of aromatic nitrogens is 2. The maximum Gasteiger partial charge on any atom is 0.328 e. The van der Waals surface area contributed by atoms with Gasteiger partial charge in [-0.15, -0.1) is 10.2 Å². The summed E-state index contributed by atoms with van der Waals surface area (Å²) >= 11 is 0. The largest absolute Gasteiger partial charge is 0.480 e. The average molecular weight is 344 g/mol. The van der Waals surface area contributed by atoms with E-state index in [2.05, 4.69) is 20.8 Å². The second kappa shape index (κ2) is 8.79. The molecule has 0 fully saturated rings. The zero-order valence-electron chi connectivity index (χ0n) is 12.9. The van der Waals surface area contributed by atoms with Gasteiger partial charge in [0.15, 0.2) is 6.04 Å². The number of carbonyl (C=O) groups is 3. The van der Waals surface area contributed by atoms with Gasteiger partial charge < -0.3 is 36.7 Å². The van der Waals surface area contributed by atoms with E-state index in [-0.39, 0.29) is 24.7 Å². The van der Waals surface area contributed by atoms with Gasteiger partial charge in [0.05, 0.1) is 12.5 Å². The summed E-state index contributed by atoms with van der Waals surface area (Å²) in [6, 6.07) is -3.53. The summed E-state index contributed by atoms with van der Waals surface area (Å²) < 4.78 is 5.27. The van der Waals surface area contributed by atoms with Crippen LogP contribution in [-0.2, 0) is 16.0 Å². The SMILES string of the molecule is CC(O)[C@H](NC(=O)N[C@@H](CC(N)=O)c1nnc(CCN)o1)C(=O)O. The lowest BCUT2D eigenvalue weighted by Crippen LogP contribution is -2.52. The Bertz CT molecular complexity index is 588. The molecule has 0 spiro atoms. The Morgan fingerprint density at radius 3 is 2.46 bits per heavy atom. The fourth-order valence-corrected chi connectivity index (χ4v) is 1.76. The van der Waals surface area contributed by atoms with Crippen LogP contribution in [0.2, 0.25) is 0 Å². The molecule has 0 aliphatic carbocycles. The highest BCUT2D eigenvalue weighted by Gasteiger charge is 2.28. The lowest BCUT2D eigenvalue weighted by Gasteiger charge is -2.19. The Balaban J connectivity index is 2.83. The van der Waals surface area contributed by atoms with Crippen molar-refractivity contribution in [3.05, 3.63) is 11.8 Å². The minimum Gasteiger partial charge on any atom is -0.480 e. The zero-order chi connectivity index (χ0) is 18.3. The number of nitrogens with one attached hydrogen (secondary N) is 2. The van der Waals surface area contributed by atoms with Crippen LogP contribution in [0.4, 0.5) is 4.79 Å². The van der Waals surface area contributed by atoms with Crippen molar-refractivity contribution in [1.29, 1.82) is 0 Å². The molecule has 3 atom stereocenters. The third-order valence-corrected chi connectivity index (χ3v) is 2.88. The second-order valence-corrected chi connectivity index (χ2v) is 4.97. The Kier molecular flexibility index (Phi) is 7.07. The number of aliphatic carboxylic acids is 1. The van der Waals surface area contributed by atoms with E-state index in [1.807, 2.05) is 0 Å². The van der Waals surface area contributed by atoms with Crippen LogP contribution >= 0.6 is 0 Å². The first kappa shape index (κ1) is 19.3. The third-order valence-electron chi connectivity index (χ3n) is 2.88. The van der Waals surface area contributed by atoms with E-state index in [1.54, 1.807) is 0 Å². The number of urea groups is 1. The molecule has 1 heterocycles. The molecule has 8 N–H and O–H groups in total. The Morgan fingerprint density at radius 1 is 1.29 bits per heavy atom. The van der Waals surface area contributed by atoms with Gasteiger partial charge >= 0.3 is 12.0 Å². The standard InChI is InChI=1S/C12H20N6O6/c1-5(19)9(11(21)22)16-12(23)15-6(4-7(14)20)10-18-17-8(24-10)2-3-13/h5-6,9,19H,2-4,13H2,1H3,(H2,14,20)(H,21,22)(H2,15,16,23)/t5?,6-,9-/m0/s1. The number of carboxylic acids is 1. The molecule has 134 valence electrons. The maximum absolute atomic E-state index is 11.9. The van der Waals surface area contributed by atoms with Crippen molar-refractivity contribution in [3.8, 4) is 0 Å². The molecule has 12 nitrogen and oxygen atoms in total. The van der Waals surface area contributed by atoms with Crippen LogP contribution < -0.4 is 22.1 Å². The highest BCUT2D eigenvalue weighted by Crippen LogP contribution is 2.15. The lowest BCUT2D eigenvalue weighted by molar-refractivity contribution is -0.141. The number of amides is 3. The molecule has 1 unspecified atom stereocenters. The second-order valence-electron chi connectivity index (χ2n) is 4.97. The molecule has 0 aromatic carbocycles. The molecule has 0 radical (unpaired) electrons. The van der Waals surface area contributed by atoms with E-state index in [9.17, 15) is 19.5 Å². The minimum absolute atomic E-state index is 0.0729. The van der Waals surface area contributed by atoms with Crippen molar-refractivity contribution in [1.82, 2.24) is 20.8 Å². The van der Waals surface area contributed by atoms with E-state index in [0.717, 1.165) is 0 Å². The highest BCUT2D eigenvalue weighted by atomic mass is 16.4. The van der Waals surface area contributed by atoms with Gasteiger partial charge in [-0.3, -0.25) is 4.79 Å². The van der Waals surface area contributed by atoms with Crippen molar-refractivity contribution < 1.29 is 29.0 Å². The van der Waals surface area contributed by atoms with Crippen LogP contribution in [0, 0.1) is 0 Å². The van der Waals surface area contributed by atoms with E-state index in [4.69, 9.17) is 21.0 Å². The predicted molar refractivity (Wildman–Crippen MR) is 78.4 cm³/mol. The molecule has 0 bridgehead atoms. The quantitative estimate of drug-likeness (QED) is 0.282. The number of aliphatic hydroxyl groups excluding tert-OH is 1. The van der Waals surface area contributed by atoms with Crippen LogP contribution in [0.1, 0.15) is 31.2 Å². The average Bonchev–Trinajstić information content (AvgIpc) is 2.92. The molecular weight excluding hydrogens is 324 g/mol. The lowest BCUT2D eigenvalue weighted by atomic mass is 10.2. The first-order valence-corrected chi connectivity index (χ1v) is 7.03. The molecule has 0 aliphatic rings. The van der Waals surface area contributed by atoms with E-state index in [1.165, 1.54) is 6.92 Å². The molecule has 0 aliphatic heterocycles. The summed E-state index contributed by atoms with van der Waals surface area (Å²) in [7, 11) is 0. The number of hydrogen-bond donors (Lipinski definition) is 6. The van der Waals surface area contributed by atoms with Crippen LogP contribution in [0.15, 0.2) is 4.42 Å². The summed E-state index contributed by atoms with van der Waals surface area (Å²) in [6.45, 7) is 1.47. The first-order valence-electron chi connectivity index (χ1n) is 7.03.